The van der Waals surface area contributed by atoms with Crippen molar-refractivity contribution in [1.29, 1.82) is 0 Å². The molecule has 1 aromatic carbocycles. The Hall–Kier alpha value is -1.22. The van der Waals surface area contributed by atoms with Crippen molar-refractivity contribution in [3.05, 3.63) is 23.8 Å². The zero-order valence-corrected chi connectivity index (χ0v) is 9.48. The standard InChI is InChI=1S/C13H17NO2/c1-8-6-10(8)13(14)9-2-3-11-12(7-9)16-5-4-15-11/h2-3,7-8,10,13H,4-6,14H2,1H3. The van der Waals surface area contributed by atoms with E-state index in [9.17, 15) is 0 Å². The first-order chi connectivity index (χ1) is 7.75. The Balaban J connectivity index is 1.85. The van der Waals surface area contributed by atoms with Crippen molar-refractivity contribution in [1.82, 2.24) is 0 Å². The van der Waals surface area contributed by atoms with Gasteiger partial charge in [0.15, 0.2) is 11.5 Å². The first kappa shape index (κ1) is 9.97. The number of ether oxygens (including phenoxy) is 2. The normalized spacial score (nSPS) is 28.6. The third-order valence-electron chi connectivity index (χ3n) is 3.58. The van der Waals surface area contributed by atoms with Gasteiger partial charge in [-0.1, -0.05) is 13.0 Å². The van der Waals surface area contributed by atoms with Crippen molar-refractivity contribution in [2.45, 2.75) is 19.4 Å². The second-order valence-electron chi connectivity index (χ2n) is 4.81. The molecule has 0 spiro atoms. The fourth-order valence-corrected chi connectivity index (χ4v) is 2.37. The van der Waals surface area contributed by atoms with Crippen molar-refractivity contribution in [2.75, 3.05) is 13.2 Å². The third-order valence-corrected chi connectivity index (χ3v) is 3.58. The molecule has 3 heteroatoms. The number of rotatable bonds is 2. The summed E-state index contributed by atoms with van der Waals surface area (Å²) in [6.45, 7) is 3.52. The first-order valence-corrected chi connectivity index (χ1v) is 5.91. The zero-order chi connectivity index (χ0) is 11.1. The van der Waals surface area contributed by atoms with Crippen LogP contribution in [-0.2, 0) is 0 Å². The van der Waals surface area contributed by atoms with Gasteiger partial charge >= 0.3 is 0 Å². The van der Waals surface area contributed by atoms with Crippen LogP contribution in [0.5, 0.6) is 11.5 Å². The topological polar surface area (TPSA) is 44.5 Å². The highest BCUT2D eigenvalue weighted by atomic mass is 16.6. The lowest BCUT2D eigenvalue weighted by Gasteiger charge is -2.20. The van der Waals surface area contributed by atoms with Gasteiger partial charge in [0, 0.05) is 6.04 Å². The van der Waals surface area contributed by atoms with E-state index in [0.717, 1.165) is 17.4 Å². The lowest BCUT2D eigenvalue weighted by atomic mass is 10.0. The third kappa shape index (κ3) is 1.65. The molecule has 2 aliphatic rings. The zero-order valence-electron chi connectivity index (χ0n) is 9.48. The van der Waals surface area contributed by atoms with E-state index in [2.05, 4.69) is 13.0 Å². The lowest BCUT2D eigenvalue weighted by molar-refractivity contribution is 0.171. The molecule has 1 heterocycles. The average molecular weight is 219 g/mol. The van der Waals surface area contributed by atoms with Gasteiger partial charge in [0.1, 0.15) is 13.2 Å². The fourth-order valence-electron chi connectivity index (χ4n) is 2.37. The SMILES string of the molecule is CC1CC1C(N)c1ccc2c(c1)OCCO2. The Morgan fingerprint density at radius 2 is 1.94 bits per heavy atom. The van der Waals surface area contributed by atoms with E-state index in [4.69, 9.17) is 15.2 Å². The molecule has 1 aliphatic carbocycles. The van der Waals surface area contributed by atoms with Gasteiger partial charge in [-0.05, 0) is 36.0 Å². The highest BCUT2D eigenvalue weighted by molar-refractivity contribution is 5.44. The largest absolute Gasteiger partial charge is 0.486 e. The predicted octanol–water partition coefficient (Wildman–Crippen LogP) is 2.11. The summed E-state index contributed by atoms with van der Waals surface area (Å²) in [6.07, 6.45) is 1.25. The van der Waals surface area contributed by atoms with Gasteiger partial charge in [-0.15, -0.1) is 0 Å². The van der Waals surface area contributed by atoms with Gasteiger partial charge in [-0.2, -0.15) is 0 Å². The Morgan fingerprint density at radius 1 is 1.25 bits per heavy atom. The summed E-state index contributed by atoms with van der Waals surface area (Å²) < 4.78 is 11.1. The molecule has 1 aliphatic heterocycles. The summed E-state index contributed by atoms with van der Waals surface area (Å²) in [4.78, 5) is 0. The van der Waals surface area contributed by atoms with Crippen LogP contribution in [0, 0.1) is 11.8 Å². The van der Waals surface area contributed by atoms with Crippen LogP contribution >= 0.6 is 0 Å². The van der Waals surface area contributed by atoms with E-state index in [0.29, 0.717) is 19.1 Å². The monoisotopic (exact) mass is 219 g/mol. The van der Waals surface area contributed by atoms with E-state index in [1.807, 2.05) is 12.1 Å². The molecule has 0 aromatic heterocycles. The Labute approximate surface area is 95.5 Å². The van der Waals surface area contributed by atoms with Crippen LogP contribution in [0.1, 0.15) is 24.9 Å². The van der Waals surface area contributed by atoms with Crippen LogP contribution in [0.25, 0.3) is 0 Å². The maximum Gasteiger partial charge on any atom is 0.161 e. The molecule has 1 aromatic rings. The average Bonchev–Trinajstić information content (AvgIpc) is 3.05. The maximum absolute atomic E-state index is 6.23. The van der Waals surface area contributed by atoms with Gasteiger partial charge in [0.05, 0.1) is 0 Å². The number of hydrogen-bond donors (Lipinski definition) is 1. The second kappa shape index (κ2) is 3.67. The Bertz CT molecular complexity index is 405. The van der Waals surface area contributed by atoms with Crippen molar-refractivity contribution < 1.29 is 9.47 Å². The van der Waals surface area contributed by atoms with Crippen LogP contribution in [0.4, 0.5) is 0 Å². The van der Waals surface area contributed by atoms with E-state index in [-0.39, 0.29) is 6.04 Å². The molecule has 86 valence electrons. The van der Waals surface area contributed by atoms with Crippen LogP contribution in [0.15, 0.2) is 18.2 Å². The molecule has 16 heavy (non-hydrogen) atoms. The molecule has 3 rings (SSSR count). The van der Waals surface area contributed by atoms with Crippen LogP contribution in [-0.4, -0.2) is 13.2 Å². The van der Waals surface area contributed by atoms with E-state index in [1.54, 1.807) is 0 Å². The fraction of sp³-hybridized carbons (Fsp3) is 0.538. The molecule has 1 fully saturated rings. The van der Waals surface area contributed by atoms with Crippen molar-refractivity contribution in [3.63, 3.8) is 0 Å². The minimum absolute atomic E-state index is 0.144. The molecule has 0 bridgehead atoms. The molecule has 3 atom stereocenters. The summed E-state index contributed by atoms with van der Waals surface area (Å²) in [5.41, 5.74) is 7.39. The van der Waals surface area contributed by atoms with E-state index < -0.39 is 0 Å². The highest BCUT2D eigenvalue weighted by Crippen LogP contribution is 2.46. The summed E-state index contributed by atoms with van der Waals surface area (Å²) in [5.74, 6) is 3.09. The molecular weight excluding hydrogens is 202 g/mol. The summed E-state index contributed by atoms with van der Waals surface area (Å²) in [5, 5.41) is 0. The van der Waals surface area contributed by atoms with E-state index in [1.165, 1.54) is 12.0 Å². The second-order valence-corrected chi connectivity index (χ2v) is 4.81. The number of hydrogen-bond acceptors (Lipinski definition) is 3. The van der Waals surface area contributed by atoms with Crippen molar-refractivity contribution >= 4 is 0 Å². The van der Waals surface area contributed by atoms with Gasteiger partial charge in [-0.3, -0.25) is 0 Å². The minimum atomic E-state index is 0.144. The molecule has 0 radical (unpaired) electrons. The Morgan fingerprint density at radius 3 is 2.62 bits per heavy atom. The van der Waals surface area contributed by atoms with Gasteiger partial charge in [-0.25, -0.2) is 0 Å². The van der Waals surface area contributed by atoms with Crippen LogP contribution < -0.4 is 15.2 Å². The van der Waals surface area contributed by atoms with Gasteiger partial charge in [0.25, 0.3) is 0 Å². The van der Waals surface area contributed by atoms with E-state index >= 15 is 0 Å². The van der Waals surface area contributed by atoms with Crippen LogP contribution in [0.2, 0.25) is 0 Å². The quantitative estimate of drug-likeness (QED) is 0.828. The Kier molecular flexibility index (Phi) is 2.28. The number of nitrogens with two attached hydrogens (primary N) is 1. The molecule has 0 saturated heterocycles. The molecule has 3 unspecified atom stereocenters. The number of benzene rings is 1. The lowest BCUT2D eigenvalue weighted by Crippen LogP contribution is -2.17. The summed E-state index contributed by atoms with van der Waals surface area (Å²) in [6, 6.07) is 6.20. The first-order valence-electron chi connectivity index (χ1n) is 5.91. The molecule has 3 nitrogen and oxygen atoms in total. The van der Waals surface area contributed by atoms with Gasteiger partial charge < -0.3 is 15.2 Å². The highest BCUT2D eigenvalue weighted by Gasteiger charge is 2.38. The smallest absolute Gasteiger partial charge is 0.161 e. The maximum atomic E-state index is 6.23. The molecular formula is C13H17NO2. The molecule has 2 N–H and O–H groups in total. The summed E-state index contributed by atoms with van der Waals surface area (Å²) in [7, 11) is 0. The summed E-state index contributed by atoms with van der Waals surface area (Å²) >= 11 is 0. The molecule has 1 saturated carbocycles. The number of fused-ring (bicyclic) bond motifs is 1. The van der Waals surface area contributed by atoms with Crippen LogP contribution in [0.3, 0.4) is 0 Å². The van der Waals surface area contributed by atoms with Gasteiger partial charge in [0.2, 0.25) is 0 Å². The van der Waals surface area contributed by atoms with Crippen molar-refractivity contribution in [3.8, 4) is 11.5 Å². The molecule has 0 amide bonds. The predicted molar refractivity (Wildman–Crippen MR) is 61.6 cm³/mol. The van der Waals surface area contributed by atoms with Crippen molar-refractivity contribution in [2.24, 2.45) is 17.6 Å². The minimum Gasteiger partial charge on any atom is -0.486 e.